The molecule has 0 saturated carbocycles. The molecule has 1 saturated heterocycles. The predicted octanol–water partition coefficient (Wildman–Crippen LogP) is 3.96. The van der Waals surface area contributed by atoms with Gasteiger partial charge in [-0.15, -0.1) is 5.10 Å². The number of para-hydroxylation sites is 1. The summed E-state index contributed by atoms with van der Waals surface area (Å²) in [4.78, 5) is 5.23. The van der Waals surface area contributed by atoms with E-state index in [1.807, 2.05) is 30.3 Å². The van der Waals surface area contributed by atoms with Gasteiger partial charge in [-0.05, 0) is 42.9 Å². The van der Waals surface area contributed by atoms with Crippen LogP contribution < -0.4 is 4.90 Å². The highest BCUT2D eigenvalue weighted by molar-refractivity contribution is 7.71. The summed E-state index contributed by atoms with van der Waals surface area (Å²) < 4.78 is 7.46. The van der Waals surface area contributed by atoms with Crippen LogP contribution in [0.25, 0.3) is 11.5 Å². The molecule has 4 rings (SSSR count). The summed E-state index contributed by atoms with van der Waals surface area (Å²) in [6.07, 6.45) is 0. The number of nitrogens with zero attached hydrogens (tertiary/aromatic N) is 4. The molecule has 2 heterocycles. The average Bonchev–Trinajstić information content (AvgIpc) is 3.04. The average molecular weight is 366 g/mol. The smallest absolute Gasteiger partial charge is 0.288 e. The first-order chi connectivity index (χ1) is 12.7. The van der Waals surface area contributed by atoms with Crippen molar-refractivity contribution in [3.8, 4) is 11.5 Å². The van der Waals surface area contributed by atoms with E-state index >= 15 is 0 Å². The van der Waals surface area contributed by atoms with Gasteiger partial charge in [0.25, 0.3) is 4.84 Å². The molecule has 26 heavy (non-hydrogen) atoms. The number of aryl methyl sites for hydroxylation is 1. The topological polar surface area (TPSA) is 37.4 Å². The SMILES string of the molecule is Cc1ccccc1N1CCN(Cn2nc(-c3ccccc3)oc2=S)CC1. The van der Waals surface area contributed by atoms with E-state index in [0.29, 0.717) is 17.4 Å². The first-order valence-corrected chi connectivity index (χ1v) is 9.28. The Kier molecular flexibility index (Phi) is 4.86. The molecule has 0 aliphatic carbocycles. The van der Waals surface area contributed by atoms with Crippen LogP contribution in [-0.2, 0) is 6.67 Å². The van der Waals surface area contributed by atoms with Gasteiger partial charge >= 0.3 is 0 Å². The molecule has 1 aliphatic rings. The molecule has 0 bridgehead atoms. The maximum atomic E-state index is 5.68. The van der Waals surface area contributed by atoms with Gasteiger partial charge in [-0.1, -0.05) is 36.4 Å². The third-order valence-corrected chi connectivity index (χ3v) is 5.08. The fourth-order valence-electron chi connectivity index (χ4n) is 3.33. The molecule has 0 radical (unpaired) electrons. The lowest BCUT2D eigenvalue weighted by Gasteiger charge is -2.36. The fraction of sp³-hybridized carbons (Fsp3) is 0.300. The molecule has 2 aromatic carbocycles. The van der Waals surface area contributed by atoms with Gasteiger partial charge in [-0.25, -0.2) is 4.68 Å². The number of hydrogen-bond donors (Lipinski definition) is 0. The Morgan fingerprint density at radius 3 is 2.38 bits per heavy atom. The molecule has 0 spiro atoms. The molecule has 134 valence electrons. The summed E-state index contributed by atoms with van der Waals surface area (Å²) in [6, 6.07) is 18.4. The number of rotatable bonds is 4. The van der Waals surface area contributed by atoms with Gasteiger partial charge in [0.1, 0.15) is 0 Å². The summed E-state index contributed by atoms with van der Waals surface area (Å²) >= 11 is 5.35. The van der Waals surface area contributed by atoms with Crippen LogP contribution in [-0.4, -0.2) is 40.9 Å². The third-order valence-electron chi connectivity index (χ3n) is 4.79. The zero-order valence-corrected chi connectivity index (χ0v) is 15.7. The number of anilines is 1. The predicted molar refractivity (Wildman–Crippen MR) is 106 cm³/mol. The van der Waals surface area contributed by atoms with Gasteiger partial charge in [0.05, 0.1) is 6.67 Å². The zero-order chi connectivity index (χ0) is 17.9. The Labute approximate surface area is 158 Å². The Bertz CT molecular complexity index is 926. The number of aromatic nitrogens is 2. The minimum Gasteiger partial charge on any atom is -0.409 e. The van der Waals surface area contributed by atoms with Crippen molar-refractivity contribution < 1.29 is 4.42 Å². The largest absolute Gasteiger partial charge is 0.409 e. The van der Waals surface area contributed by atoms with Crippen molar-refractivity contribution in [3.05, 3.63) is 65.0 Å². The molecule has 0 N–H and O–H groups in total. The standard InChI is InChI=1S/C20H22N4OS/c1-16-7-5-6-10-18(16)23-13-11-22(12-14-23)15-24-20(26)25-19(21-24)17-8-3-2-4-9-17/h2-10H,11-15H2,1H3. The molecule has 1 aliphatic heterocycles. The van der Waals surface area contributed by atoms with Gasteiger partial charge < -0.3 is 9.32 Å². The van der Waals surface area contributed by atoms with Gasteiger partial charge in [-0.2, -0.15) is 0 Å². The number of benzene rings is 2. The van der Waals surface area contributed by atoms with E-state index in [2.05, 4.69) is 46.1 Å². The maximum Gasteiger partial charge on any atom is 0.288 e. The second-order valence-corrected chi connectivity index (χ2v) is 6.92. The molecule has 3 aromatic rings. The van der Waals surface area contributed by atoms with Crippen LogP contribution in [0.5, 0.6) is 0 Å². The van der Waals surface area contributed by atoms with Gasteiger partial charge in [0.2, 0.25) is 5.89 Å². The van der Waals surface area contributed by atoms with Crippen LogP contribution >= 0.6 is 12.2 Å². The van der Waals surface area contributed by atoms with Crippen LogP contribution in [0, 0.1) is 11.8 Å². The number of piperazine rings is 1. The molecule has 0 amide bonds. The van der Waals surface area contributed by atoms with E-state index in [4.69, 9.17) is 16.6 Å². The van der Waals surface area contributed by atoms with E-state index < -0.39 is 0 Å². The second kappa shape index (κ2) is 7.43. The highest BCUT2D eigenvalue weighted by Gasteiger charge is 2.19. The molecule has 1 fully saturated rings. The maximum absolute atomic E-state index is 5.68. The fourth-order valence-corrected chi connectivity index (χ4v) is 3.51. The van der Waals surface area contributed by atoms with Gasteiger partial charge in [-0.3, -0.25) is 4.90 Å². The molecular weight excluding hydrogens is 344 g/mol. The van der Waals surface area contributed by atoms with Crippen LogP contribution in [0.4, 0.5) is 5.69 Å². The third kappa shape index (κ3) is 3.57. The van der Waals surface area contributed by atoms with E-state index in [1.165, 1.54) is 11.3 Å². The highest BCUT2D eigenvalue weighted by Crippen LogP contribution is 2.21. The Balaban J connectivity index is 1.41. The highest BCUT2D eigenvalue weighted by atomic mass is 32.1. The molecule has 0 unspecified atom stereocenters. The van der Waals surface area contributed by atoms with Gasteiger partial charge in [0.15, 0.2) is 0 Å². The zero-order valence-electron chi connectivity index (χ0n) is 14.8. The lowest BCUT2D eigenvalue weighted by molar-refractivity contribution is 0.192. The van der Waals surface area contributed by atoms with Crippen molar-refractivity contribution in [3.63, 3.8) is 0 Å². The van der Waals surface area contributed by atoms with E-state index in [9.17, 15) is 0 Å². The van der Waals surface area contributed by atoms with Gasteiger partial charge in [0, 0.05) is 37.4 Å². The van der Waals surface area contributed by atoms with Crippen molar-refractivity contribution in [2.75, 3.05) is 31.1 Å². The van der Waals surface area contributed by atoms with Crippen LogP contribution in [0.2, 0.25) is 0 Å². The van der Waals surface area contributed by atoms with Crippen LogP contribution in [0.15, 0.2) is 59.0 Å². The Morgan fingerprint density at radius 1 is 0.962 bits per heavy atom. The van der Waals surface area contributed by atoms with Crippen molar-refractivity contribution in [1.82, 2.24) is 14.7 Å². The second-order valence-electron chi connectivity index (χ2n) is 6.57. The summed E-state index contributed by atoms with van der Waals surface area (Å²) in [6.45, 7) is 6.79. The Morgan fingerprint density at radius 2 is 1.65 bits per heavy atom. The summed E-state index contributed by atoms with van der Waals surface area (Å²) in [5, 5.41) is 4.56. The van der Waals surface area contributed by atoms with Crippen molar-refractivity contribution >= 4 is 17.9 Å². The summed E-state index contributed by atoms with van der Waals surface area (Å²) in [5.41, 5.74) is 3.60. The van der Waals surface area contributed by atoms with E-state index in [0.717, 1.165) is 31.7 Å². The molecule has 5 nitrogen and oxygen atoms in total. The molecule has 6 heteroatoms. The van der Waals surface area contributed by atoms with Crippen molar-refractivity contribution in [2.24, 2.45) is 0 Å². The first-order valence-electron chi connectivity index (χ1n) is 8.87. The minimum atomic E-state index is 0.421. The minimum absolute atomic E-state index is 0.421. The van der Waals surface area contributed by atoms with Crippen molar-refractivity contribution in [2.45, 2.75) is 13.6 Å². The lowest BCUT2D eigenvalue weighted by atomic mass is 10.1. The quantitative estimate of drug-likeness (QED) is 0.654. The summed E-state index contributed by atoms with van der Waals surface area (Å²) in [5.74, 6) is 0.578. The van der Waals surface area contributed by atoms with Crippen LogP contribution in [0.1, 0.15) is 5.56 Å². The number of hydrogen-bond acceptors (Lipinski definition) is 5. The van der Waals surface area contributed by atoms with E-state index in [1.54, 1.807) is 4.68 Å². The lowest BCUT2D eigenvalue weighted by Crippen LogP contribution is -2.47. The van der Waals surface area contributed by atoms with E-state index in [-0.39, 0.29) is 0 Å². The Hall–Kier alpha value is -2.44. The molecular formula is C20H22N4OS. The normalized spacial score (nSPS) is 15.3. The molecule has 1 aromatic heterocycles. The van der Waals surface area contributed by atoms with Crippen molar-refractivity contribution in [1.29, 1.82) is 0 Å². The first kappa shape index (κ1) is 17.0. The monoisotopic (exact) mass is 366 g/mol. The summed E-state index contributed by atoms with van der Waals surface area (Å²) in [7, 11) is 0. The molecule has 0 atom stereocenters. The van der Waals surface area contributed by atoms with Crippen LogP contribution in [0.3, 0.4) is 0 Å².